The van der Waals surface area contributed by atoms with E-state index in [0.29, 0.717) is 12.2 Å². The Balaban J connectivity index is 3.51. The molecule has 0 rings (SSSR count). The normalized spacial score (nSPS) is 10.0. The minimum Gasteiger partial charge on any atom is -0.352 e. The smallest absolute Gasteiger partial charge is 0.239 e. The van der Waals surface area contributed by atoms with Crippen molar-refractivity contribution in [1.82, 2.24) is 10.6 Å². The van der Waals surface area contributed by atoms with Gasteiger partial charge < -0.3 is 10.6 Å². The molecule has 0 aliphatic heterocycles. The molecule has 4 nitrogen and oxygen atoms in total. The Bertz CT molecular complexity index is 195. The third-order valence-electron chi connectivity index (χ3n) is 1.46. The maximum atomic E-state index is 11.1. The zero-order valence-corrected chi connectivity index (χ0v) is 9.56. The van der Waals surface area contributed by atoms with E-state index in [4.69, 9.17) is 0 Å². The molecule has 0 aromatic carbocycles. The number of hydrogen-bond donors (Lipinski definition) is 3. The zero-order valence-electron chi connectivity index (χ0n) is 8.67. The summed E-state index contributed by atoms with van der Waals surface area (Å²) in [4.78, 5) is 22.2. The summed E-state index contributed by atoms with van der Waals surface area (Å²) in [6, 6.07) is 0.108. The first kappa shape index (κ1) is 13.3. The van der Waals surface area contributed by atoms with Crippen molar-refractivity contribution in [2.45, 2.75) is 32.7 Å². The van der Waals surface area contributed by atoms with Crippen LogP contribution in [0.1, 0.15) is 26.7 Å². The van der Waals surface area contributed by atoms with Gasteiger partial charge in [0.1, 0.15) is 0 Å². The molecule has 82 valence electrons. The van der Waals surface area contributed by atoms with Crippen LogP contribution < -0.4 is 10.6 Å². The van der Waals surface area contributed by atoms with Crippen LogP contribution >= 0.6 is 12.6 Å². The second-order valence-electron chi connectivity index (χ2n) is 3.33. The SMILES string of the molecule is CC(C)NC(=O)CNC(=O)CCCS. The Morgan fingerprint density at radius 3 is 2.43 bits per heavy atom. The molecule has 0 atom stereocenters. The van der Waals surface area contributed by atoms with Crippen LogP contribution in [-0.2, 0) is 9.59 Å². The van der Waals surface area contributed by atoms with Crippen LogP contribution in [0.5, 0.6) is 0 Å². The first-order valence-electron chi connectivity index (χ1n) is 4.73. The lowest BCUT2D eigenvalue weighted by Crippen LogP contribution is -2.39. The number of thiol groups is 1. The van der Waals surface area contributed by atoms with Crippen LogP contribution in [0.2, 0.25) is 0 Å². The molecule has 0 saturated heterocycles. The highest BCUT2D eigenvalue weighted by Gasteiger charge is 2.05. The summed E-state index contributed by atoms with van der Waals surface area (Å²) in [7, 11) is 0. The highest BCUT2D eigenvalue weighted by molar-refractivity contribution is 7.80. The number of carbonyl (C=O) groups excluding carboxylic acids is 2. The van der Waals surface area contributed by atoms with Gasteiger partial charge >= 0.3 is 0 Å². The Kier molecular flexibility index (Phi) is 7.28. The van der Waals surface area contributed by atoms with E-state index in [9.17, 15) is 9.59 Å². The van der Waals surface area contributed by atoms with Crippen LogP contribution in [0, 0.1) is 0 Å². The van der Waals surface area contributed by atoms with E-state index in [1.807, 2.05) is 13.8 Å². The van der Waals surface area contributed by atoms with Gasteiger partial charge in [0.05, 0.1) is 6.54 Å². The maximum Gasteiger partial charge on any atom is 0.239 e. The molecule has 0 spiro atoms. The quantitative estimate of drug-likeness (QED) is 0.563. The largest absolute Gasteiger partial charge is 0.352 e. The van der Waals surface area contributed by atoms with Gasteiger partial charge in [-0.1, -0.05) is 0 Å². The summed E-state index contributed by atoms with van der Waals surface area (Å²) in [6.45, 7) is 3.81. The number of rotatable bonds is 6. The van der Waals surface area contributed by atoms with E-state index in [-0.39, 0.29) is 24.4 Å². The van der Waals surface area contributed by atoms with Crippen molar-refractivity contribution in [3.8, 4) is 0 Å². The van der Waals surface area contributed by atoms with Gasteiger partial charge in [-0.3, -0.25) is 9.59 Å². The summed E-state index contributed by atoms with van der Waals surface area (Å²) in [5.74, 6) is 0.434. The van der Waals surface area contributed by atoms with E-state index in [1.54, 1.807) is 0 Å². The average molecular weight is 218 g/mol. The molecule has 0 aromatic heterocycles. The van der Waals surface area contributed by atoms with Crippen molar-refractivity contribution in [3.63, 3.8) is 0 Å². The lowest BCUT2D eigenvalue weighted by molar-refractivity contribution is -0.126. The lowest BCUT2D eigenvalue weighted by atomic mass is 10.3. The van der Waals surface area contributed by atoms with E-state index in [0.717, 1.165) is 6.42 Å². The van der Waals surface area contributed by atoms with Gasteiger partial charge in [0.15, 0.2) is 0 Å². The highest BCUT2D eigenvalue weighted by Crippen LogP contribution is 1.90. The van der Waals surface area contributed by atoms with Gasteiger partial charge in [-0.25, -0.2) is 0 Å². The van der Waals surface area contributed by atoms with Crippen LogP contribution in [-0.4, -0.2) is 30.2 Å². The molecule has 0 bridgehead atoms. The molecule has 0 aliphatic rings. The fourth-order valence-corrected chi connectivity index (χ4v) is 1.04. The summed E-state index contributed by atoms with van der Waals surface area (Å²) in [6.07, 6.45) is 1.17. The van der Waals surface area contributed by atoms with Crippen LogP contribution in [0.25, 0.3) is 0 Å². The molecule has 0 aliphatic carbocycles. The Morgan fingerprint density at radius 1 is 1.29 bits per heavy atom. The zero-order chi connectivity index (χ0) is 11.0. The molecule has 0 fully saturated rings. The van der Waals surface area contributed by atoms with Gasteiger partial charge in [-0.05, 0) is 26.0 Å². The van der Waals surface area contributed by atoms with Crippen LogP contribution in [0.15, 0.2) is 0 Å². The van der Waals surface area contributed by atoms with Crippen LogP contribution in [0.3, 0.4) is 0 Å². The standard InChI is InChI=1S/C9H18N2O2S/c1-7(2)11-9(13)6-10-8(12)4-3-5-14/h7,14H,3-6H2,1-2H3,(H,10,12)(H,11,13). The number of carbonyl (C=O) groups is 2. The van der Waals surface area contributed by atoms with E-state index in [1.165, 1.54) is 0 Å². The Morgan fingerprint density at radius 2 is 1.93 bits per heavy atom. The minimum absolute atomic E-state index is 0.0591. The molecule has 0 radical (unpaired) electrons. The topological polar surface area (TPSA) is 58.2 Å². The van der Waals surface area contributed by atoms with Gasteiger partial charge in [-0.2, -0.15) is 12.6 Å². The molecular formula is C9H18N2O2S. The fourth-order valence-electron chi connectivity index (χ4n) is 0.880. The predicted octanol–water partition coefficient (Wildman–Crippen LogP) is 0.337. The number of hydrogen-bond acceptors (Lipinski definition) is 3. The number of nitrogens with one attached hydrogen (secondary N) is 2. The van der Waals surface area contributed by atoms with E-state index < -0.39 is 0 Å². The van der Waals surface area contributed by atoms with Crippen molar-refractivity contribution >= 4 is 24.4 Å². The third kappa shape index (κ3) is 7.91. The maximum absolute atomic E-state index is 11.1. The molecule has 2 amide bonds. The van der Waals surface area contributed by atoms with Gasteiger partial charge in [0.25, 0.3) is 0 Å². The molecule has 2 N–H and O–H groups in total. The van der Waals surface area contributed by atoms with Crippen molar-refractivity contribution in [3.05, 3.63) is 0 Å². The van der Waals surface area contributed by atoms with Crippen molar-refractivity contribution in [2.24, 2.45) is 0 Å². The highest BCUT2D eigenvalue weighted by atomic mass is 32.1. The second kappa shape index (κ2) is 7.67. The summed E-state index contributed by atoms with van der Waals surface area (Å²) in [5.41, 5.74) is 0. The second-order valence-corrected chi connectivity index (χ2v) is 3.77. The lowest BCUT2D eigenvalue weighted by Gasteiger charge is -2.08. The Labute approximate surface area is 90.2 Å². The van der Waals surface area contributed by atoms with E-state index >= 15 is 0 Å². The minimum atomic E-state index is -0.153. The van der Waals surface area contributed by atoms with E-state index in [2.05, 4.69) is 23.3 Å². The van der Waals surface area contributed by atoms with Crippen molar-refractivity contribution < 1.29 is 9.59 Å². The molecule has 0 aromatic rings. The predicted molar refractivity (Wildman–Crippen MR) is 59.4 cm³/mol. The van der Waals surface area contributed by atoms with Gasteiger partial charge in [0.2, 0.25) is 11.8 Å². The summed E-state index contributed by atoms with van der Waals surface area (Å²) < 4.78 is 0. The van der Waals surface area contributed by atoms with Crippen molar-refractivity contribution in [1.29, 1.82) is 0 Å². The Hall–Kier alpha value is -0.710. The molecule has 0 heterocycles. The molecule has 14 heavy (non-hydrogen) atoms. The first-order chi connectivity index (χ1) is 6.56. The third-order valence-corrected chi connectivity index (χ3v) is 1.77. The summed E-state index contributed by atoms with van der Waals surface area (Å²) in [5, 5.41) is 5.22. The molecular weight excluding hydrogens is 200 g/mol. The monoisotopic (exact) mass is 218 g/mol. The van der Waals surface area contributed by atoms with Crippen LogP contribution in [0.4, 0.5) is 0 Å². The number of amides is 2. The summed E-state index contributed by atoms with van der Waals surface area (Å²) >= 11 is 3.99. The van der Waals surface area contributed by atoms with Gasteiger partial charge in [0, 0.05) is 12.5 Å². The molecule has 5 heteroatoms. The fraction of sp³-hybridized carbons (Fsp3) is 0.778. The molecule has 0 unspecified atom stereocenters. The van der Waals surface area contributed by atoms with Gasteiger partial charge in [-0.15, -0.1) is 0 Å². The first-order valence-corrected chi connectivity index (χ1v) is 5.36. The molecule has 0 saturated carbocycles. The average Bonchev–Trinajstić information content (AvgIpc) is 2.10. The van der Waals surface area contributed by atoms with Crippen molar-refractivity contribution in [2.75, 3.05) is 12.3 Å².